The van der Waals surface area contributed by atoms with Gasteiger partial charge in [-0.15, -0.1) is 0 Å². The lowest BCUT2D eigenvalue weighted by Gasteiger charge is -2.48. The van der Waals surface area contributed by atoms with Gasteiger partial charge in [0.05, 0.1) is 11.8 Å². The number of nitrogens with zero attached hydrogens (tertiary/aromatic N) is 5. The van der Waals surface area contributed by atoms with Gasteiger partial charge in [0.1, 0.15) is 17.2 Å². The maximum atomic E-state index is 13.2. The third kappa shape index (κ3) is 3.69. The van der Waals surface area contributed by atoms with Crippen molar-refractivity contribution in [2.24, 2.45) is 5.92 Å². The molecule has 2 aromatic heterocycles. The van der Waals surface area contributed by atoms with Crippen molar-refractivity contribution in [2.45, 2.75) is 70.6 Å². The van der Waals surface area contributed by atoms with Crippen LogP contribution in [0, 0.1) is 17.2 Å². The highest BCUT2D eigenvalue weighted by Gasteiger charge is 2.44. The Morgan fingerprint density at radius 3 is 2.52 bits per heavy atom. The van der Waals surface area contributed by atoms with Gasteiger partial charge in [0.15, 0.2) is 11.4 Å². The monoisotopic (exact) mass is 395 g/mol. The molecule has 29 heavy (non-hydrogen) atoms. The van der Waals surface area contributed by atoms with E-state index in [0.717, 1.165) is 19.3 Å². The van der Waals surface area contributed by atoms with Gasteiger partial charge in [-0.3, -0.25) is 4.79 Å². The van der Waals surface area contributed by atoms with Crippen molar-refractivity contribution in [1.82, 2.24) is 19.5 Å². The number of hydrogen-bond acceptors (Lipinski definition) is 6. The van der Waals surface area contributed by atoms with Gasteiger partial charge in [0, 0.05) is 30.4 Å². The summed E-state index contributed by atoms with van der Waals surface area (Å²) in [6, 6.07) is 2.09. The average molecular weight is 395 g/mol. The molecular formula is C21H25N5O3. The average Bonchev–Trinajstić information content (AvgIpc) is 3.07. The summed E-state index contributed by atoms with van der Waals surface area (Å²) in [5.74, 6) is -0.136. The van der Waals surface area contributed by atoms with E-state index in [1.54, 1.807) is 6.20 Å². The third-order valence-electron chi connectivity index (χ3n) is 5.71. The topological polar surface area (TPSA) is 101 Å². The Morgan fingerprint density at radius 1 is 1.21 bits per heavy atom. The van der Waals surface area contributed by atoms with Crippen LogP contribution in [0.4, 0.5) is 4.79 Å². The molecule has 1 amide bonds. The summed E-state index contributed by atoms with van der Waals surface area (Å²) in [5.41, 5.74) is 0.772. The molecule has 0 aliphatic carbocycles. The van der Waals surface area contributed by atoms with E-state index >= 15 is 0 Å². The molecule has 2 bridgehead atoms. The van der Waals surface area contributed by atoms with Crippen LogP contribution < -0.4 is 0 Å². The summed E-state index contributed by atoms with van der Waals surface area (Å²) in [4.78, 5) is 32.0. The number of carbonyl (C=O) groups excluding carboxylic acids is 2. The van der Waals surface area contributed by atoms with Crippen LogP contribution in [0.25, 0.3) is 5.65 Å². The number of carbonyl (C=O) groups is 2. The number of fused-ring (bicyclic) bond motifs is 3. The van der Waals surface area contributed by atoms with E-state index in [1.165, 1.54) is 16.9 Å². The van der Waals surface area contributed by atoms with Crippen molar-refractivity contribution in [3.05, 3.63) is 29.7 Å². The SMILES string of the molecule is CC(C)(C)OC(=O)N1C2CCCC1CC(C(=O)c1cnc3c(C#N)cnn3c1)C2. The van der Waals surface area contributed by atoms with Gasteiger partial charge in [-0.25, -0.2) is 14.3 Å². The van der Waals surface area contributed by atoms with Crippen LogP contribution in [0.1, 0.15) is 68.8 Å². The molecule has 0 spiro atoms. The lowest BCUT2D eigenvalue weighted by molar-refractivity contribution is -0.0260. The molecule has 4 heterocycles. The zero-order chi connectivity index (χ0) is 20.8. The van der Waals surface area contributed by atoms with Gasteiger partial charge in [-0.1, -0.05) is 0 Å². The second kappa shape index (κ2) is 7.14. The lowest BCUT2D eigenvalue weighted by atomic mass is 9.76. The van der Waals surface area contributed by atoms with Crippen LogP contribution in [-0.2, 0) is 4.74 Å². The minimum atomic E-state index is -0.537. The summed E-state index contributed by atoms with van der Waals surface area (Å²) in [5, 5.41) is 13.2. The number of rotatable bonds is 2. The molecule has 152 valence electrons. The molecule has 8 nitrogen and oxygen atoms in total. The van der Waals surface area contributed by atoms with E-state index in [9.17, 15) is 9.59 Å². The Kier molecular flexibility index (Phi) is 4.77. The Hall–Kier alpha value is -2.95. The molecular weight excluding hydrogens is 370 g/mol. The number of nitriles is 1. The maximum Gasteiger partial charge on any atom is 0.410 e. The molecule has 2 saturated heterocycles. The van der Waals surface area contributed by atoms with Gasteiger partial charge in [0.2, 0.25) is 0 Å². The molecule has 2 aliphatic rings. The fourth-order valence-electron chi connectivity index (χ4n) is 4.52. The fourth-order valence-corrected chi connectivity index (χ4v) is 4.52. The lowest BCUT2D eigenvalue weighted by Crippen LogP contribution is -2.56. The first-order chi connectivity index (χ1) is 13.8. The summed E-state index contributed by atoms with van der Waals surface area (Å²) in [7, 11) is 0. The smallest absolute Gasteiger partial charge is 0.410 e. The van der Waals surface area contributed by atoms with Gasteiger partial charge in [-0.2, -0.15) is 10.4 Å². The molecule has 0 N–H and O–H groups in total. The van der Waals surface area contributed by atoms with Crippen molar-refractivity contribution in [2.75, 3.05) is 0 Å². The van der Waals surface area contributed by atoms with Crippen molar-refractivity contribution in [3.8, 4) is 6.07 Å². The van der Waals surface area contributed by atoms with E-state index < -0.39 is 5.60 Å². The minimum Gasteiger partial charge on any atom is -0.444 e. The van der Waals surface area contributed by atoms with Gasteiger partial charge < -0.3 is 9.64 Å². The molecule has 8 heteroatoms. The zero-order valence-corrected chi connectivity index (χ0v) is 17.0. The Bertz CT molecular complexity index is 986. The second-order valence-electron chi connectivity index (χ2n) is 8.94. The Morgan fingerprint density at radius 2 is 1.90 bits per heavy atom. The van der Waals surface area contributed by atoms with Crippen LogP contribution in [0.5, 0.6) is 0 Å². The molecule has 2 atom stereocenters. The summed E-state index contributed by atoms with van der Waals surface area (Å²) < 4.78 is 7.08. The fraction of sp³-hybridized carbons (Fsp3) is 0.571. The van der Waals surface area contributed by atoms with Crippen LogP contribution in [-0.4, -0.2) is 49.1 Å². The number of hydrogen-bond donors (Lipinski definition) is 0. The minimum absolute atomic E-state index is 0.0224. The van der Waals surface area contributed by atoms with E-state index in [-0.39, 0.29) is 29.9 Å². The van der Waals surface area contributed by atoms with Crippen LogP contribution in [0.15, 0.2) is 18.6 Å². The van der Waals surface area contributed by atoms with Crippen molar-refractivity contribution in [1.29, 1.82) is 5.26 Å². The standard InChI is InChI=1S/C21H25N5O3/c1-21(2,3)29-20(28)26-16-5-4-6-17(26)8-13(7-16)18(27)15-10-23-19-14(9-22)11-24-25(19)12-15/h10-13,16-17H,4-8H2,1-3H3. The molecule has 2 aromatic rings. The molecule has 0 saturated carbocycles. The van der Waals surface area contributed by atoms with E-state index in [4.69, 9.17) is 10.00 Å². The maximum absolute atomic E-state index is 13.2. The molecule has 2 aliphatic heterocycles. The van der Waals surface area contributed by atoms with Crippen molar-refractivity contribution in [3.63, 3.8) is 0 Å². The third-order valence-corrected chi connectivity index (χ3v) is 5.71. The predicted octanol–water partition coefficient (Wildman–Crippen LogP) is 3.35. The highest BCUT2D eigenvalue weighted by atomic mass is 16.6. The molecule has 2 unspecified atom stereocenters. The highest BCUT2D eigenvalue weighted by molar-refractivity contribution is 5.97. The van der Waals surface area contributed by atoms with E-state index in [1.807, 2.05) is 31.7 Å². The molecule has 0 aromatic carbocycles. The predicted molar refractivity (Wildman–Crippen MR) is 104 cm³/mol. The van der Waals surface area contributed by atoms with Crippen molar-refractivity contribution >= 4 is 17.5 Å². The van der Waals surface area contributed by atoms with Crippen molar-refractivity contribution < 1.29 is 14.3 Å². The van der Waals surface area contributed by atoms with Crippen LogP contribution in [0.2, 0.25) is 0 Å². The van der Waals surface area contributed by atoms with Crippen LogP contribution >= 0.6 is 0 Å². The Balaban J connectivity index is 1.53. The van der Waals surface area contributed by atoms with Gasteiger partial charge in [0.25, 0.3) is 0 Å². The van der Waals surface area contributed by atoms with E-state index in [0.29, 0.717) is 29.6 Å². The number of Topliss-reactive ketones (excluding diaryl/α,β-unsaturated/α-hetero) is 1. The quantitative estimate of drug-likeness (QED) is 0.723. The first-order valence-electron chi connectivity index (χ1n) is 10.1. The Labute approximate surface area is 169 Å². The second-order valence-corrected chi connectivity index (χ2v) is 8.94. The largest absolute Gasteiger partial charge is 0.444 e. The number of amides is 1. The summed E-state index contributed by atoms with van der Waals surface area (Å²) >= 11 is 0. The normalized spacial score (nSPS) is 24.2. The van der Waals surface area contributed by atoms with Gasteiger partial charge >= 0.3 is 6.09 Å². The first kappa shape index (κ1) is 19.4. The number of ketones is 1. The molecule has 2 fully saturated rings. The number of aromatic nitrogens is 3. The number of ether oxygens (including phenoxy) is 1. The highest BCUT2D eigenvalue weighted by Crippen LogP contribution is 2.39. The summed E-state index contributed by atoms with van der Waals surface area (Å²) in [6.07, 6.45) is 8.44. The first-order valence-corrected chi connectivity index (χ1v) is 10.1. The summed E-state index contributed by atoms with van der Waals surface area (Å²) in [6.45, 7) is 5.60. The van der Waals surface area contributed by atoms with Gasteiger partial charge in [-0.05, 0) is 52.9 Å². The van der Waals surface area contributed by atoms with E-state index in [2.05, 4.69) is 10.1 Å². The zero-order valence-electron chi connectivity index (χ0n) is 17.0. The van der Waals surface area contributed by atoms with Crippen LogP contribution in [0.3, 0.4) is 0 Å². The molecule has 0 radical (unpaired) electrons. The number of piperidine rings is 2. The molecule has 4 rings (SSSR count).